The van der Waals surface area contributed by atoms with Gasteiger partial charge in [0.25, 0.3) is 0 Å². The maximum atomic E-state index is 13.4. The molecule has 3 heterocycles. The van der Waals surface area contributed by atoms with Gasteiger partial charge in [0, 0.05) is 56.2 Å². The fraction of sp³-hybridized carbons (Fsp3) is 0.526. The van der Waals surface area contributed by atoms with Crippen molar-refractivity contribution in [1.29, 1.82) is 0 Å². The van der Waals surface area contributed by atoms with Gasteiger partial charge < -0.3 is 10.0 Å². The number of aromatic nitrogens is 3. The molecule has 0 saturated carbocycles. The number of rotatable bonds is 4. The normalized spacial score (nSPS) is 19.1. The Kier molecular flexibility index (Phi) is 5.58. The van der Waals surface area contributed by atoms with E-state index in [9.17, 15) is 18.3 Å². The summed E-state index contributed by atoms with van der Waals surface area (Å²) in [6.45, 7) is 7.70. The van der Waals surface area contributed by atoms with Gasteiger partial charge in [-0.25, -0.2) is 9.97 Å². The monoisotopic (exact) mass is 395 g/mol. The van der Waals surface area contributed by atoms with Crippen molar-refractivity contribution >= 4 is 5.82 Å². The lowest BCUT2D eigenvalue weighted by molar-refractivity contribution is -0.141. The number of aliphatic hydroxyl groups is 1. The quantitative estimate of drug-likeness (QED) is 0.859. The van der Waals surface area contributed by atoms with Gasteiger partial charge in [0.2, 0.25) is 0 Å². The van der Waals surface area contributed by atoms with E-state index in [2.05, 4.69) is 19.9 Å². The van der Waals surface area contributed by atoms with Gasteiger partial charge in [-0.1, -0.05) is 0 Å². The first-order valence-corrected chi connectivity index (χ1v) is 9.11. The molecule has 0 spiro atoms. The SMILES string of the molecule is CC1CN(CC(C)(C)O)CCN1c1cc(C(F)(F)F)nc(-c2ccncc2)n1. The molecule has 1 N–H and O–H groups in total. The number of alkyl halides is 3. The minimum atomic E-state index is -4.56. The zero-order valence-electron chi connectivity index (χ0n) is 16.1. The summed E-state index contributed by atoms with van der Waals surface area (Å²) in [6, 6.07) is 4.12. The maximum Gasteiger partial charge on any atom is 0.433 e. The molecule has 0 aliphatic carbocycles. The van der Waals surface area contributed by atoms with Crippen molar-refractivity contribution in [2.24, 2.45) is 0 Å². The predicted octanol–water partition coefficient (Wildman–Crippen LogP) is 2.84. The Hall–Kier alpha value is -2.26. The van der Waals surface area contributed by atoms with Crippen molar-refractivity contribution in [3.63, 3.8) is 0 Å². The third-order valence-corrected chi connectivity index (χ3v) is 4.56. The minimum Gasteiger partial charge on any atom is -0.389 e. The van der Waals surface area contributed by atoms with Gasteiger partial charge in [0.1, 0.15) is 5.82 Å². The minimum absolute atomic E-state index is 0.0262. The highest BCUT2D eigenvalue weighted by molar-refractivity contribution is 5.58. The van der Waals surface area contributed by atoms with Crippen molar-refractivity contribution in [2.45, 2.75) is 38.6 Å². The fourth-order valence-corrected chi connectivity index (χ4v) is 3.42. The largest absolute Gasteiger partial charge is 0.433 e. The Labute approximate surface area is 162 Å². The molecule has 1 atom stereocenters. The Morgan fingerprint density at radius 3 is 2.39 bits per heavy atom. The highest BCUT2D eigenvalue weighted by Gasteiger charge is 2.35. The number of hydrogen-bond acceptors (Lipinski definition) is 6. The van der Waals surface area contributed by atoms with Crippen LogP contribution in [0.15, 0.2) is 30.6 Å². The summed E-state index contributed by atoms with van der Waals surface area (Å²) in [7, 11) is 0. The molecule has 1 unspecified atom stereocenters. The summed E-state index contributed by atoms with van der Waals surface area (Å²) in [6.07, 6.45) is -1.57. The number of pyridine rings is 1. The molecule has 1 saturated heterocycles. The first kappa shape index (κ1) is 20.5. The van der Waals surface area contributed by atoms with Gasteiger partial charge in [0.05, 0.1) is 5.60 Å². The number of hydrogen-bond donors (Lipinski definition) is 1. The highest BCUT2D eigenvalue weighted by Crippen LogP contribution is 2.32. The van der Waals surface area contributed by atoms with Crippen LogP contribution in [0.4, 0.5) is 19.0 Å². The van der Waals surface area contributed by atoms with Crippen LogP contribution in [0.3, 0.4) is 0 Å². The van der Waals surface area contributed by atoms with Crippen molar-refractivity contribution in [1.82, 2.24) is 19.9 Å². The molecule has 0 bridgehead atoms. The van der Waals surface area contributed by atoms with E-state index >= 15 is 0 Å². The molecule has 0 aromatic carbocycles. The summed E-state index contributed by atoms with van der Waals surface area (Å²) in [5, 5.41) is 10.0. The molecule has 2 aromatic rings. The second-order valence-corrected chi connectivity index (χ2v) is 7.76. The molecule has 2 aromatic heterocycles. The van der Waals surface area contributed by atoms with Crippen molar-refractivity contribution in [3.8, 4) is 11.4 Å². The Bertz CT molecular complexity index is 807. The van der Waals surface area contributed by atoms with Crippen LogP contribution in [0, 0.1) is 0 Å². The van der Waals surface area contributed by atoms with Crippen LogP contribution in [0.5, 0.6) is 0 Å². The fourth-order valence-electron chi connectivity index (χ4n) is 3.42. The standard InChI is InChI=1S/C19H24F3N5O/c1-13-11-26(12-18(2,3)28)8-9-27(13)16-10-15(19(20,21)22)24-17(25-16)14-4-6-23-7-5-14/h4-7,10,13,28H,8-9,11-12H2,1-3H3. The number of anilines is 1. The predicted molar refractivity (Wildman–Crippen MR) is 99.8 cm³/mol. The lowest BCUT2D eigenvalue weighted by Gasteiger charge is -2.42. The lowest BCUT2D eigenvalue weighted by Crippen LogP contribution is -2.55. The number of nitrogens with zero attached hydrogens (tertiary/aromatic N) is 5. The second kappa shape index (κ2) is 7.63. The zero-order chi connectivity index (χ0) is 20.5. The van der Waals surface area contributed by atoms with Gasteiger partial charge >= 0.3 is 6.18 Å². The molecular formula is C19H24F3N5O. The molecule has 6 nitrogen and oxygen atoms in total. The van der Waals surface area contributed by atoms with E-state index in [1.165, 1.54) is 12.4 Å². The average molecular weight is 395 g/mol. The number of β-amino-alcohol motifs (C(OH)–C–C–N with tert-alkyl or cyclic N) is 1. The van der Waals surface area contributed by atoms with E-state index in [1.54, 1.807) is 26.0 Å². The Balaban J connectivity index is 1.91. The van der Waals surface area contributed by atoms with E-state index < -0.39 is 17.5 Å². The molecule has 28 heavy (non-hydrogen) atoms. The van der Waals surface area contributed by atoms with E-state index in [0.29, 0.717) is 31.7 Å². The van der Waals surface area contributed by atoms with Gasteiger partial charge in [-0.2, -0.15) is 13.2 Å². The molecule has 3 rings (SSSR count). The third-order valence-electron chi connectivity index (χ3n) is 4.56. The van der Waals surface area contributed by atoms with Crippen LogP contribution in [-0.2, 0) is 6.18 Å². The Morgan fingerprint density at radius 2 is 1.82 bits per heavy atom. The van der Waals surface area contributed by atoms with E-state index in [-0.39, 0.29) is 17.7 Å². The zero-order valence-corrected chi connectivity index (χ0v) is 16.1. The third kappa shape index (κ3) is 4.96. The highest BCUT2D eigenvalue weighted by atomic mass is 19.4. The molecule has 152 valence electrons. The molecule has 0 amide bonds. The first-order valence-electron chi connectivity index (χ1n) is 9.11. The second-order valence-electron chi connectivity index (χ2n) is 7.76. The summed E-state index contributed by atoms with van der Waals surface area (Å²) < 4.78 is 40.3. The summed E-state index contributed by atoms with van der Waals surface area (Å²) in [5.41, 5.74) is -1.31. The van der Waals surface area contributed by atoms with Gasteiger partial charge in [-0.3, -0.25) is 9.88 Å². The van der Waals surface area contributed by atoms with Gasteiger partial charge in [-0.15, -0.1) is 0 Å². The summed E-state index contributed by atoms with van der Waals surface area (Å²) >= 11 is 0. The first-order chi connectivity index (χ1) is 13.0. The Morgan fingerprint density at radius 1 is 1.14 bits per heavy atom. The van der Waals surface area contributed by atoms with Crippen molar-refractivity contribution < 1.29 is 18.3 Å². The molecule has 0 radical (unpaired) electrons. The van der Waals surface area contributed by atoms with Gasteiger partial charge in [0.15, 0.2) is 11.5 Å². The summed E-state index contributed by atoms with van der Waals surface area (Å²) in [4.78, 5) is 16.0. The topological polar surface area (TPSA) is 65.4 Å². The van der Waals surface area contributed by atoms with Crippen molar-refractivity contribution in [2.75, 3.05) is 31.1 Å². The number of halogens is 3. The molecule has 1 aliphatic heterocycles. The lowest BCUT2D eigenvalue weighted by atomic mass is 10.1. The van der Waals surface area contributed by atoms with E-state index in [4.69, 9.17) is 0 Å². The van der Waals surface area contributed by atoms with Crippen LogP contribution in [0.1, 0.15) is 26.5 Å². The molecule has 1 aliphatic rings. The van der Waals surface area contributed by atoms with Crippen LogP contribution in [0.2, 0.25) is 0 Å². The van der Waals surface area contributed by atoms with Crippen LogP contribution >= 0.6 is 0 Å². The number of piperazine rings is 1. The molecule has 9 heteroatoms. The average Bonchev–Trinajstić information content (AvgIpc) is 2.60. The van der Waals surface area contributed by atoms with Crippen molar-refractivity contribution in [3.05, 3.63) is 36.3 Å². The smallest absolute Gasteiger partial charge is 0.389 e. The molecule has 1 fully saturated rings. The van der Waals surface area contributed by atoms with E-state index in [1.807, 2.05) is 11.8 Å². The van der Waals surface area contributed by atoms with Crippen LogP contribution in [0.25, 0.3) is 11.4 Å². The summed E-state index contributed by atoms with van der Waals surface area (Å²) in [5.74, 6) is 0.280. The van der Waals surface area contributed by atoms with Crippen LogP contribution < -0.4 is 4.90 Å². The van der Waals surface area contributed by atoms with Gasteiger partial charge in [-0.05, 0) is 32.9 Å². The maximum absolute atomic E-state index is 13.4. The molecular weight excluding hydrogens is 371 g/mol. The van der Waals surface area contributed by atoms with E-state index in [0.717, 1.165) is 6.07 Å². The van der Waals surface area contributed by atoms with Crippen LogP contribution in [-0.4, -0.2) is 62.8 Å².